The largest absolute Gasteiger partial charge is 0.493 e. The number of urea groups is 1. The first kappa shape index (κ1) is 29.3. The van der Waals surface area contributed by atoms with Crippen molar-refractivity contribution in [2.45, 2.75) is 18.6 Å². The fourth-order valence-corrected chi connectivity index (χ4v) is 5.90. The normalized spacial score (nSPS) is 20.0. The lowest BCUT2D eigenvalue weighted by Gasteiger charge is -2.37. The molecule has 3 heterocycles. The van der Waals surface area contributed by atoms with Crippen LogP contribution in [0, 0.1) is 17.6 Å². The molecule has 0 aliphatic carbocycles. The van der Waals surface area contributed by atoms with Crippen LogP contribution in [0.5, 0.6) is 5.75 Å². The van der Waals surface area contributed by atoms with Gasteiger partial charge in [-0.05, 0) is 61.0 Å². The van der Waals surface area contributed by atoms with E-state index >= 15 is 0 Å². The van der Waals surface area contributed by atoms with E-state index in [0.29, 0.717) is 30.9 Å². The number of nitrogens with two attached hydrogens (primary N) is 1. The first-order valence-corrected chi connectivity index (χ1v) is 14.4. The molecule has 0 bridgehead atoms. The van der Waals surface area contributed by atoms with Crippen LogP contribution in [0.2, 0.25) is 0 Å². The number of halogens is 2. The van der Waals surface area contributed by atoms with Crippen molar-refractivity contribution < 1.29 is 23.0 Å². The minimum Gasteiger partial charge on any atom is -0.493 e. The highest BCUT2D eigenvalue weighted by Crippen LogP contribution is 2.42. The highest BCUT2D eigenvalue weighted by molar-refractivity contribution is 5.88. The standard InChI is InChI=1S/C31H34F2N8O3/c32-23-1-10-28(29(33)15-23)31(19-41-21-35-20-36-41)16-22(18-44-31)17-43-27-8-6-26(7-9-27)40-13-11-39(12-14-40)25-4-2-24(3-5-25)37-30(42)38-34/h1-10,15,20-22H,11-14,16-19,34H2,(H2,37,38,42)/t22-,31?/m1/s1. The Bertz CT molecular complexity index is 1550. The second-order valence-corrected chi connectivity index (χ2v) is 11.0. The number of amides is 2. The quantitative estimate of drug-likeness (QED) is 0.150. The summed E-state index contributed by atoms with van der Waals surface area (Å²) in [4.78, 5) is 20.0. The molecular formula is C31H34F2N8O3. The maximum absolute atomic E-state index is 14.9. The molecule has 4 N–H and O–H groups in total. The minimum atomic E-state index is -1.01. The number of hydrazine groups is 1. The van der Waals surface area contributed by atoms with Gasteiger partial charge in [0.25, 0.3) is 0 Å². The number of benzene rings is 3. The SMILES string of the molecule is NNC(=O)Nc1ccc(N2CCN(c3ccc(OC[C@@H]4COC(Cn5cncn5)(c5ccc(F)cc5F)C4)cc3)CC2)cc1. The van der Waals surface area contributed by atoms with Crippen LogP contribution < -0.4 is 31.1 Å². The number of anilines is 3. The second kappa shape index (κ2) is 12.9. The van der Waals surface area contributed by atoms with Crippen LogP contribution in [0.1, 0.15) is 12.0 Å². The topological polar surface area (TPSA) is 123 Å². The molecule has 2 saturated heterocycles. The predicted octanol–water partition coefficient (Wildman–Crippen LogP) is 3.89. The lowest BCUT2D eigenvalue weighted by molar-refractivity contribution is -0.0206. The molecule has 2 fully saturated rings. The Labute approximate surface area is 253 Å². The second-order valence-electron chi connectivity index (χ2n) is 11.0. The Hall–Kier alpha value is -4.75. The molecule has 2 amide bonds. The van der Waals surface area contributed by atoms with Gasteiger partial charge >= 0.3 is 6.03 Å². The zero-order chi connectivity index (χ0) is 30.5. The van der Waals surface area contributed by atoms with Gasteiger partial charge in [0.1, 0.15) is 35.6 Å². The van der Waals surface area contributed by atoms with Gasteiger partial charge in [0.15, 0.2) is 0 Å². The maximum Gasteiger partial charge on any atom is 0.333 e. The van der Waals surface area contributed by atoms with Crippen LogP contribution in [-0.4, -0.2) is 60.2 Å². The van der Waals surface area contributed by atoms with Crippen molar-refractivity contribution in [3.05, 3.63) is 96.6 Å². The summed E-state index contributed by atoms with van der Waals surface area (Å²) in [6.07, 6.45) is 3.46. The molecule has 11 nitrogen and oxygen atoms in total. The fraction of sp³-hybridized carbons (Fsp3) is 0.323. The average molecular weight is 605 g/mol. The molecular weight excluding hydrogens is 570 g/mol. The number of ether oxygens (including phenoxy) is 2. The number of hydrogen-bond acceptors (Lipinski definition) is 8. The summed E-state index contributed by atoms with van der Waals surface area (Å²) in [6.45, 7) is 4.47. The van der Waals surface area contributed by atoms with Crippen LogP contribution in [0.25, 0.3) is 0 Å². The number of aromatic nitrogens is 3. The lowest BCUT2D eigenvalue weighted by atomic mass is 9.87. The molecule has 1 aromatic heterocycles. The monoisotopic (exact) mass is 604 g/mol. The van der Waals surface area contributed by atoms with Crippen LogP contribution in [0.4, 0.5) is 30.6 Å². The molecule has 3 aromatic carbocycles. The van der Waals surface area contributed by atoms with E-state index in [1.165, 1.54) is 18.5 Å². The van der Waals surface area contributed by atoms with Crippen LogP contribution in [-0.2, 0) is 16.9 Å². The van der Waals surface area contributed by atoms with Gasteiger partial charge in [-0.1, -0.05) is 6.07 Å². The smallest absolute Gasteiger partial charge is 0.333 e. The Kier molecular flexibility index (Phi) is 8.57. The Morgan fingerprint density at radius 1 is 1.00 bits per heavy atom. The summed E-state index contributed by atoms with van der Waals surface area (Å²) in [5.41, 5.74) is 4.22. The molecule has 0 radical (unpaired) electrons. The Balaban J connectivity index is 1.02. The molecule has 13 heteroatoms. The number of nitrogens with zero attached hydrogens (tertiary/aromatic N) is 5. The molecule has 0 saturated carbocycles. The highest BCUT2D eigenvalue weighted by Gasteiger charge is 2.44. The molecule has 2 atom stereocenters. The molecule has 1 unspecified atom stereocenters. The zero-order valence-electron chi connectivity index (χ0n) is 24.0. The van der Waals surface area contributed by atoms with E-state index in [1.54, 1.807) is 11.0 Å². The van der Waals surface area contributed by atoms with Crippen molar-refractivity contribution in [3.8, 4) is 5.75 Å². The number of nitrogens with one attached hydrogen (secondary N) is 2. The van der Waals surface area contributed by atoms with Crippen molar-refractivity contribution in [2.75, 3.05) is 54.5 Å². The number of piperazine rings is 1. The molecule has 44 heavy (non-hydrogen) atoms. The van der Waals surface area contributed by atoms with E-state index in [9.17, 15) is 13.6 Å². The molecule has 0 spiro atoms. The third kappa shape index (κ3) is 6.58. The van der Waals surface area contributed by atoms with E-state index in [4.69, 9.17) is 15.3 Å². The van der Waals surface area contributed by atoms with Gasteiger partial charge < -0.3 is 24.6 Å². The summed E-state index contributed by atoms with van der Waals surface area (Å²) in [5.74, 6) is 4.58. The summed E-state index contributed by atoms with van der Waals surface area (Å²) in [7, 11) is 0. The van der Waals surface area contributed by atoms with Crippen molar-refractivity contribution in [2.24, 2.45) is 11.8 Å². The maximum atomic E-state index is 14.9. The van der Waals surface area contributed by atoms with Crippen LogP contribution in [0.3, 0.4) is 0 Å². The Morgan fingerprint density at radius 3 is 2.30 bits per heavy atom. The molecule has 6 rings (SSSR count). The third-order valence-electron chi connectivity index (χ3n) is 8.11. The van der Waals surface area contributed by atoms with Crippen molar-refractivity contribution in [1.82, 2.24) is 20.2 Å². The Morgan fingerprint density at radius 2 is 1.68 bits per heavy atom. The van der Waals surface area contributed by atoms with Gasteiger partial charge in [-0.2, -0.15) is 5.10 Å². The minimum absolute atomic E-state index is 0.00149. The van der Waals surface area contributed by atoms with Gasteiger partial charge in [-0.25, -0.2) is 29.1 Å². The summed E-state index contributed by atoms with van der Waals surface area (Å²) < 4.78 is 42.5. The predicted molar refractivity (Wildman–Crippen MR) is 161 cm³/mol. The first-order valence-electron chi connectivity index (χ1n) is 14.4. The van der Waals surface area contributed by atoms with E-state index in [-0.39, 0.29) is 12.5 Å². The molecule has 2 aliphatic heterocycles. The summed E-state index contributed by atoms with van der Waals surface area (Å²) >= 11 is 0. The average Bonchev–Trinajstić information content (AvgIpc) is 3.71. The molecule has 4 aromatic rings. The number of hydrogen-bond donors (Lipinski definition) is 3. The van der Waals surface area contributed by atoms with E-state index in [0.717, 1.165) is 49.4 Å². The summed E-state index contributed by atoms with van der Waals surface area (Å²) in [6, 6.07) is 18.8. The lowest BCUT2D eigenvalue weighted by Crippen LogP contribution is -2.46. The highest BCUT2D eigenvalue weighted by atomic mass is 19.1. The van der Waals surface area contributed by atoms with Crippen LogP contribution >= 0.6 is 0 Å². The fourth-order valence-electron chi connectivity index (χ4n) is 5.90. The van der Waals surface area contributed by atoms with Gasteiger partial charge in [0.2, 0.25) is 0 Å². The molecule has 2 aliphatic rings. The number of carbonyl (C=O) groups is 1. The zero-order valence-corrected chi connectivity index (χ0v) is 24.0. The van der Waals surface area contributed by atoms with Gasteiger partial charge in [-0.15, -0.1) is 0 Å². The van der Waals surface area contributed by atoms with Gasteiger partial charge in [0.05, 0.1) is 19.8 Å². The first-order chi connectivity index (χ1) is 21.4. The third-order valence-corrected chi connectivity index (χ3v) is 8.11. The van der Waals surface area contributed by atoms with E-state index in [1.807, 2.05) is 41.8 Å². The van der Waals surface area contributed by atoms with E-state index < -0.39 is 23.3 Å². The van der Waals surface area contributed by atoms with Gasteiger partial charge in [-0.3, -0.25) is 5.43 Å². The van der Waals surface area contributed by atoms with Crippen molar-refractivity contribution in [3.63, 3.8) is 0 Å². The molecule has 230 valence electrons. The van der Waals surface area contributed by atoms with Crippen LogP contribution in [0.15, 0.2) is 79.4 Å². The number of rotatable bonds is 9. The van der Waals surface area contributed by atoms with Crippen molar-refractivity contribution >= 4 is 23.1 Å². The number of carbonyl (C=O) groups excluding carboxylic acids is 1. The van der Waals surface area contributed by atoms with Crippen molar-refractivity contribution in [1.29, 1.82) is 0 Å². The summed E-state index contributed by atoms with van der Waals surface area (Å²) in [5, 5.41) is 6.82. The van der Waals surface area contributed by atoms with Gasteiger partial charge in [0, 0.05) is 60.8 Å². The van der Waals surface area contributed by atoms with E-state index in [2.05, 4.69) is 37.3 Å².